The van der Waals surface area contributed by atoms with Crippen molar-refractivity contribution in [3.05, 3.63) is 24.0 Å². The van der Waals surface area contributed by atoms with Gasteiger partial charge >= 0.3 is 6.03 Å². The van der Waals surface area contributed by atoms with Gasteiger partial charge in [-0.05, 0) is 12.5 Å². The van der Waals surface area contributed by atoms with Crippen LogP contribution >= 0.6 is 0 Å². The van der Waals surface area contributed by atoms with E-state index in [0.29, 0.717) is 5.70 Å². The SMILES string of the molecule is C=C1NC(=O)N(C2CC(O)C(CO)O2)C=C1C. The molecule has 0 saturated carbocycles. The van der Waals surface area contributed by atoms with Crippen molar-refractivity contribution < 1.29 is 19.7 Å². The Morgan fingerprint density at radius 3 is 3.00 bits per heavy atom. The summed E-state index contributed by atoms with van der Waals surface area (Å²) < 4.78 is 5.41. The number of rotatable bonds is 2. The van der Waals surface area contributed by atoms with Crippen LogP contribution in [0.2, 0.25) is 0 Å². The minimum atomic E-state index is -0.753. The van der Waals surface area contributed by atoms with Crippen molar-refractivity contribution >= 4 is 6.03 Å². The average Bonchev–Trinajstić information content (AvgIpc) is 2.65. The van der Waals surface area contributed by atoms with Crippen LogP contribution in [0.4, 0.5) is 4.79 Å². The molecule has 3 atom stereocenters. The Kier molecular flexibility index (Phi) is 3.19. The molecule has 6 heteroatoms. The fourth-order valence-electron chi connectivity index (χ4n) is 1.90. The Labute approximate surface area is 99.2 Å². The van der Waals surface area contributed by atoms with Crippen LogP contribution < -0.4 is 5.32 Å². The molecule has 0 aromatic carbocycles. The van der Waals surface area contributed by atoms with Crippen molar-refractivity contribution in [2.75, 3.05) is 6.61 Å². The second-order valence-electron chi connectivity index (χ2n) is 4.24. The lowest BCUT2D eigenvalue weighted by Gasteiger charge is -2.30. The zero-order valence-corrected chi connectivity index (χ0v) is 9.59. The lowest BCUT2D eigenvalue weighted by molar-refractivity contribution is -0.0537. The highest BCUT2D eigenvalue weighted by Crippen LogP contribution is 2.26. The van der Waals surface area contributed by atoms with Crippen LogP contribution in [-0.2, 0) is 4.74 Å². The van der Waals surface area contributed by atoms with Crippen molar-refractivity contribution in [3.63, 3.8) is 0 Å². The van der Waals surface area contributed by atoms with E-state index in [1.165, 1.54) is 4.90 Å². The number of nitrogens with zero attached hydrogens (tertiary/aromatic N) is 1. The molecule has 3 N–H and O–H groups in total. The van der Waals surface area contributed by atoms with Gasteiger partial charge in [0.25, 0.3) is 0 Å². The molecule has 2 aliphatic rings. The zero-order valence-electron chi connectivity index (χ0n) is 9.59. The summed E-state index contributed by atoms with van der Waals surface area (Å²) >= 11 is 0. The number of hydrogen-bond acceptors (Lipinski definition) is 4. The third-order valence-corrected chi connectivity index (χ3v) is 3.00. The Hall–Kier alpha value is -1.37. The number of amides is 2. The summed E-state index contributed by atoms with van der Waals surface area (Å²) in [7, 11) is 0. The molecular formula is C11H16N2O4. The number of allylic oxidation sites excluding steroid dienone is 1. The summed E-state index contributed by atoms with van der Waals surface area (Å²) in [5.74, 6) is 0. The molecule has 0 radical (unpaired) electrons. The van der Waals surface area contributed by atoms with Crippen molar-refractivity contribution in [3.8, 4) is 0 Å². The number of aliphatic hydroxyl groups excluding tert-OH is 2. The van der Waals surface area contributed by atoms with Crippen molar-refractivity contribution in [2.24, 2.45) is 0 Å². The van der Waals surface area contributed by atoms with Gasteiger partial charge in [0.1, 0.15) is 12.3 Å². The first-order valence-corrected chi connectivity index (χ1v) is 5.44. The largest absolute Gasteiger partial charge is 0.394 e. The quantitative estimate of drug-likeness (QED) is 0.629. The van der Waals surface area contributed by atoms with Crippen LogP contribution in [0.1, 0.15) is 13.3 Å². The average molecular weight is 240 g/mol. The normalized spacial score (nSPS) is 33.7. The molecule has 94 valence electrons. The van der Waals surface area contributed by atoms with Gasteiger partial charge in [-0.15, -0.1) is 0 Å². The third kappa shape index (κ3) is 2.19. The number of aliphatic hydroxyl groups is 2. The summed E-state index contributed by atoms with van der Waals surface area (Å²) in [6.45, 7) is 5.26. The molecule has 6 nitrogen and oxygen atoms in total. The molecule has 2 rings (SSSR count). The fourth-order valence-corrected chi connectivity index (χ4v) is 1.90. The van der Waals surface area contributed by atoms with E-state index < -0.39 is 18.4 Å². The first kappa shape index (κ1) is 12.1. The third-order valence-electron chi connectivity index (χ3n) is 3.00. The van der Waals surface area contributed by atoms with E-state index in [2.05, 4.69) is 11.9 Å². The number of carbonyl (C=O) groups is 1. The van der Waals surface area contributed by atoms with E-state index in [0.717, 1.165) is 5.57 Å². The van der Waals surface area contributed by atoms with Crippen LogP contribution in [0.3, 0.4) is 0 Å². The molecule has 3 unspecified atom stereocenters. The van der Waals surface area contributed by atoms with E-state index in [1.807, 2.05) is 6.92 Å². The van der Waals surface area contributed by atoms with Crippen LogP contribution in [0, 0.1) is 0 Å². The molecule has 0 aromatic heterocycles. The van der Waals surface area contributed by atoms with Gasteiger partial charge in [0.2, 0.25) is 0 Å². The van der Waals surface area contributed by atoms with Crippen molar-refractivity contribution in [1.29, 1.82) is 0 Å². The van der Waals surface area contributed by atoms with E-state index in [-0.39, 0.29) is 19.1 Å². The van der Waals surface area contributed by atoms with Crippen LogP contribution in [0.15, 0.2) is 24.0 Å². The van der Waals surface area contributed by atoms with Gasteiger partial charge in [0.05, 0.1) is 12.7 Å². The second-order valence-corrected chi connectivity index (χ2v) is 4.24. The highest BCUT2D eigenvalue weighted by Gasteiger charge is 2.39. The maximum atomic E-state index is 11.7. The molecule has 1 saturated heterocycles. The first-order valence-electron chi connectivity index (χ1n) is 5.44. The second kappa shape index (κ2) is 4.48. The molecule has 0 aliphatic carbocycles. The molecule has 17 heavy (non-hydrogen) atoms. The Morgan fingerprint density at radius 1 is 1.71 bits per heavy atom. The molecular weight excluding hydrogens is 224 g/mol. The predicted octanol–water partition coefficient (Wildman–Crippen LogP) is -0.103. The van der Waals surface area contributed by atoms with Gasteiger partial charge in [-0.25, -0.2) is 4.79 Å². The zero-order chi connectivity index (χ0) is 12.6. The van der Waals surface area contributed by atoms with E-state index in [4.69, 9.17) is 9.84 Å². The summed E-state index contributed by atoms with van der Waals surface area (Å²) in [5, 5.41) is 21.2. The Morgan fingerprint density at radius 2 is 2.41 bits per heavy atom. The number of carbonyl (C=O) groups excluding carboxylic acids is 1. The van der Waals surface area contributed by atoms with Crippen molar-refractivity contribution in [1.82, 2.24) is 10.2 Å². The molecule has 2 amide bonds. The summed E-state index contributed by atoms with van der Waals surface area (Å²) in [4.78, 5) is 13.1. The van der Waals surface area contributed by atoms with Crippen LogP contribution in [0.5, 0.6) is 0 Å². The molecule has 2 aliphatic heterocycles. The molecule has 0 bridgehead atoms. The van der Waals surface area contributed by atoms with Gasteiger partial charge < -0.3 is 20.3 Å². The summed E-state index contributed by atoms with van der Waals surface area (Å²) in [6, 6.07) is -0.337. The lowest BCUT2D eigenvalue weighted by Crippen LogP contribution is -2.45. The Bertz CT molecular complexity index is 380. The monoisotopic (exact) mass is 240 g/mol. The summed E-state index contributed by atoms with van der Waals surface area (Å²) in [6.07, 6.45) is -0.0128. The van der Waals surface area contributed by atoms with Gasteiger partial charge in [-0.3, -0.25) is 4.90 Å². The maximum absolute atomic E-state index is 11.7. The number of ether oxygens (including phenoxy) is 1. The smallest absolute Gasteiger partial charge is 0.327 e. The maximum Gasteiger partial charge on any atom is 0.327 e. The first-order chi connectivity index (χ1) is 8.02. The fraction of sp³-hybridized carbons (Fsp3) is 0.545. The van der Waals surface area contributed by atoms with Gasteiger partial charge in [0, 0.05) is 18.3 Å². The van der Waals surface area contributed by atoms with Crippen LogP contribution in [0.25, 0.3) is 0 Å². The highest BCUT2D eigenvalue weighted by molar-refractivity contribution is 5.80. The number of nitrogens with one attached hydrogen (secondary N) is 1. The molecule has 2 heterocycles. The number of urea groups is 1. The van der Waals surface area contributed by atoms with E-state index in [1.54, 1.807) is 6.20 Å². The lowest BCUT2D eigenvalue weighted by atomic mass is 10.1. The summed E-state index contributed by atoms with van der Waals surface area (Å²) in [5.41, 5.74) is 1.39. The van der Waals surface area contributed by atoms with E-state index >= 15 is 0 Å². The van der Waals surface area contributed by atoms with Gasteiger partial charge in [0.15, 0.2) is 0 Å². The topological polar surface area (TPSA) is 82.0 Å². The molecule has 0 aromatic rings. The highest BCUT2D eigenvalue weighted by atomic mass is 16.5. The van der Waals surface area contributed by atoms with E-state index in [9.17, 15) is 9.90 Å². The number of hydrogen-bond donors (Lipinski definition) is 3. The van der Waals surface area contributed by atoms with Gasteiger partial charge in [-0.2, -0.15) is 0 Å². The van der Waals surface area contributed by atoms with Crippen molar-refractivity contribution in [2.45, 2.75) is 31.8 Å². The standard InChI is InChI=1S/C11H16N2O4/c1-6-4-13(11(16)12-7(6)2)10-3-8(15)9(5-14)17-10/h4,8-10,14-15H,2-3,5H2,1H3,(H,12,16). The molecule has 1 fully saturated rings. The van der Waals surface area contributed by atoms with Crippen LogP contribution in [-0.4, -0.2) is 46.2 Å². The minimum Gasteiger partial charge on any atom is -0.394 e. The molecule has 0 spiro atoms. The predicted molar refractivity (Wildman–Crippen MR) is 59.6 cm³/mol. The Balaban J connectivity index is 2.13. The minimum absolute atomic E-state index is 0.261. The van der Waals surface area contributed by atoms with Gasteiger partial charge in [-0.1, -0.05) is 6.58 Å².